The summed E-state index contributed by atoms with van der Waals surface area (Å²) in [7, 11) is 0. The quantitative estimate of drug-likeness (QED) is 0.0715. The molecule has 6 aromatic heterocycles. The molecule has 16 bridgehead atoms. The summed E-state index contributed by atoms with van der Waals surface area (Å²) in [6.07, 6.45) is 15.1. The minimum absolute atomic E-state index is 0.126. The molecule has 10 heterocycles. The van der Waals surface area contributed by atoms with E-state index in [1.54, 1.807) is 36.4 Å². The predicted octanol–water partition coefficient (Wildman–Crippen LogP) is 25.9. The third-order valence-electron chi connectivity index (χ3n) is 22.1. The second-order valence-corrected chi connectivity index (χ2v) is 39.2. The Labute approximate surface area is 670 Å². The molecule has 10 aromatic rings. The Morgan fingerprint density at radius 1 is 0.254 bits per heavy atom. The van der Waals surface area contributed by atoms with Crippen molar-refractivity contribution in [1.29, 1.82) is 0 Å². The zero-order valence-electron chi connectivity index (χ0n) is 70.5. The van der Waals surface area contributed by atoms with Crippen LogP contribution in [-0.2, 0) is 43.3 Å². The highest BCUT2D eigenvalue weighted by Crippen LogP contribution is 2.46. The lowest BCUT2D eigenvalue weighted by Crippen LogP contribution is -2.16. The standard InChI is InChI=1S/C100H104N10O4/c1-93(2,3)61-45-57(46-62(53-61)94(4,5)6)87-75-33-29-71(101-75)69(73-31-41-83(103-73)91(109(111)112)85-43-39-81(107-85)89(79-37-35-77(87)105-79)59-49-65(97(13,14)15)55-66(50-59)98(16,17)18)27-25-26-28-70-72-30-34-76(102-72)88(58-47-63(95(7,8)9)54-64(48-58)96(10,11)12)78-36-38-80(106-78)90(60-51-67(99(19,20)21)56-68(52-60)100(22,23)24)82-40-44-86(108-82)92(110(113)114)84-42-32-74(70)104-84/h29-56,101,104,106-107H,1-24H3. The van der Waals surface area contributed by atoms with Crippen LogP contribution in [0.15, 0.2) is 121 Å². The summed E-state index contributed by atoms with van der Waals surface area (Å²) in [5.41, 5.74) is 23.2. The van der Waals surface area contributed by atoms with E-state index < -0.39 is 9.85 Å². The Morgan fingerprint density at radius 3 is 0.693 bits per heavy atom. The molecule has 578 valence electrons. The van der Waals surface area contributed by atoms with Crippen LogP contribution in [0, 0.1) is 43.9 Å². The first-order valence-corrected chi connectivity index (χ1v) is 39.4. The molecule has 4 aliphatic rings. The van der Waals surface area contributed by atoms with Crippen LogP contribution in [0.3, 0.4) is 0 Å². The van der Waals surface area contributed by atoms with E-state index in [1.807, 2.05) is 36.4 Å². The Morgan fingerprint density at radius 2 is 0.439 bits per heavy atom. The van der Waals surface area contributed by atoms with E-state index in [1.165, 1.54) is 22.3 Å². The first-order chi connectivity index (χ1) is 53.1. The van der Waals surface area contributed by atoms with Crippen LogP contribution in [0.4, 0.5) is 11.4 Å². The maximum Gasteiger partial charge on any atom is 0.318 e. The molecule has 4 aromatic carbocycles. The number of benzene rings is 4. The van der Waals surface area contributed by atoms with Crippen LogP contribution < -0.4 is 0 Å². The summed E-state index contributed by atoms with van der Waals surface area (Å²) in [6, 6.07) is 42.6. The summed E-state index contributed by atoms with van der Waals surface area (Å²) in [5, 5.41) is 27.4. The zero-order valence-corrected chi connectivity index (χ0v) is 70.5. The Hall–Kier alpha value is -12.0. The van der Waals surface area contributed by atoms with Crippen molar-refractivity contribution in [2.24, 2.45) is 0 Å². The topological polar surface area (TPSA) is 201 Å². The molecule has 0 saturated carbocycles. The highest BCUT2D eigenvalue weighted by atomic mass is 16.6. The fourth-order valence-corrected chi connectivity index (χ4v) is 15.0. The van der Waals surface area contributed by atoms with Crippen LogP contribution in [-0.4, -0.2) is 49.7 Å². The number of aromatic nitrogens is 8. The summed E-state index contributed by atoms with van der Waals surface area (Å²) >= 11 is 0. The fraction of sp³-hybridized carbons (Fsp3) is 0.320. The third kappa shape index (κ3) is 15.6. The van der Waals surface area contributed by atoms with Gasteiger partial charge in [-0.25, -0.2) is 19.9 Å². The smallest absolute Gasteiger partial charge is 0.318 e. The van der Waals surface area contributed by atoms with E-state index in [2.05, 4.69) is 307 Å². The molecule has 0 amide bonds. The van der Waals surface area contributed by atoms with Gasteiger partial charge in [-0.15, -0.1) is 0 Å². The zero-order chi connectivity index (χ0) is 82.2. The van der Waals surface area contributed by atoms with E-state index in [4.69, 9.17) is 19.9 Å². The maximum absolute atomic E-state index is 13.7. The van der Waals surface area contributed by atoms with Gasteiger partial charge in [0.25, 0.3) is 0 Å². The summed E-state index contributed by atoms with van der Waals surface area (Å²) < 4.78 is 0. The number of nitrogens with zero attached hydrogens (tertiary/aromatic N) is 6. The molecule has 0 radical (unpaired) electrons. The molecule has 0 atom stereocenters. The molecule has 14 nitrogen and oxygen atoms in total. The summed E-state index contributed by atoms with van der Waals surface area (Å²) in [6.45, 7) is 53.5. The highest BCUT2D eigenvalue weighted by Gasteiger charge is 2.31. The van der Waals surface area contributed by atoms with Crippen LogP contribution in [0.1, 0.15) is 267 Å². The molecule has 0 saturated heterocycles. The molecule has 0 aliphatic carbocycles. The van der Waals surface area contributed by atoms with Crippen molar-refractivity contribution in [2.45, 2.75) is 209 Å². The first-order valence-electron chi connectivity index (χ1n) is 39.4. The number of rotatable bonds is 6. The highest BCUT2D eigenvalue weighted by molar-refractivity contribution is 6.00. The minimum Gasteiger partial charge on any atom is -0.354 e. The SMILES string of the molecule is CC(C)(C)c1cc(-c2c3nc(c(-c4cc(C(C)(C)C)cc(C(C)(C)C)c4)c4ccc([nH]4)c([N+](=O)[O-])c4nc(c(C#CC#Cc5c6nc(c(-c7cc(C(C)(C)C)cc(C(C)(C)C)c7)c7ccc([nH]7)c(-c7cc(C(C)(C)C)cc(C(C)(C)C)c7)c7nc(c([N+](=O)[O-])c8ccc5[nH]8)C=C7)C=C6)c5ccc2[nH]5)C=C4)C=C3)cc(C(C)(C)C)c1. The lowest BCUT2D eigenvalue weighted by Gasteiger charge is -2.26. The number of aromatic amines is 4. The number of hydrogen-bond donors (Lipinski definition) is 4. The average Bonchev–Trinajstić information content (AvgIpc) is 1.15. The Kier molecular flexibility index (Phi) is 19.3. The Balaban J connectivity index is 1.06. The normalized spacial score (nSPS) is 13.3. The fourth-order valence-electron chi connectivity index (χ4n) is 15.0. The molecule has 14 rings (SSSR count). The van der Waals surface area contributed by atoms with Crippen molar-refractivity contribution in [1.82, 2.24) is 39.9 Å². The molecule has 114 heavy (non-hydrogen) atoms. The summed E-state index contributed by atoms with van der Waals surface area (Å²) in [5.74, 6) is 13.3. The lowest BCUT2D eigenvalue weighted by atomic mass is 9.78. The van der Waals surface area contributed by atoms with Gasteiger partial charge in [0.1, 0.15) is 22.4 Å². The molecule has 4 N–H and O–H groups in total. The van der Waals surface area contributed by atoms with Gasteiger partial charge in [0.15, 0.2) is 0 Å². The molecule has 0 spiro atoms. The second kappa shape index (κ2) is 28.0. The van der Waals surface area contributed by atoms with Crippen LogP contribution in [0.25, 0.3) is 137 Å². The largest absolute Gasteiger partial charge is 0.354 e. The van der Waals surface area contributed by atoms with Gasteiger partial charge in [0, 0.05) is 44.3 Å². The van der Waals surface area contributed by atoms with Gasteiger partial charge in [0.05, 0.1) is 66.2 Å². The number of fused-ring (bicyclic) bond motifs is 16. The number of hydrogen-bond acceptors (Lipinski definition) is 8. The maximum atomic E-state index is 13.7. The predicted molar refractivity (Wildman–Crippen MR) is 476 cm³/mol. The van der Waals surface area contributed by atoms with Gasteiger partial charge in [0.2, 0.25) is 0 Å². The van der Waals surface area contributed by atoms with Crippen LogP contribution in [0.5, 0.6) is 0 Å². The van der Waals surface area contributed by atoms with Gasteiger partial charge in [-0.1, -0.05) is 239 Å². The second-order valence-electron chi connectivity index (χ2n) is 39.2. The molecule has 4 aliphatic heterocycles. The third-order valence-corrected chi connectivity index (χ3v) is 22.1. The van der Waals surface area contributed by atoms with Crippen molar-refractivity contribution in [3.05, 3.63) is 243 Å². The van der Waals surface area contributed by atoms with Gasteiger partial charge < -0.3 is 19.9 Å². The molecular weight excluding hydrogens is 1410 g/mol. The average molecular weight is 1510 g/mol. The van der Waals surface area contributed by atoms with Gasteiger partial charge in [-0.2, -0.15) is 0 Å². The van der Waals surface area contributed by atoms with E-state index >= 15 is 0 Å². The van der Waals surface area contributed by atoms with Crippen molar-refractivity contribution in [3.8, 4) is 68.2 Å². The van der Waals surface area contributed by atoms with Crippen molar-refractivity contribution in [3.63, 3.8) is 0 Å². The number of nitro groups is 2. The summed E-state index contributed by atoms with van der Waals surface area (Å²) in [4.78, 5) is 62.9. The molecule has 0 fully saturated rings. The van der Waals surface area contributed by atoms with E-state index in [9.17, 15) is 20.2 Å². The number of nitrogens with one attached hydrogen (secondary N) is 4. The first kappa shape index (κ1) is 78.7. The number of H-pyrrole nitrogens is 4. The monoisotopic (exact) mass is 1510 g/mol. The molecular formula is C100H104N10O4. The molecule has 0 unspecified atom stereocenters. The van der Waals surface area contributed by atoms with Gasteiger partial charge in [-0.3, -0.25) is 20.2 Å². The lowest BCUT2D eigenvalue weighted by molar-refractivity contribution is -0.383. The van der Waals surface area contributed by atoms with E-state index in [0.717, 1.165) is 83.3 Å². The van der Waals surface area contributed by atoms with E-state index in [-0.39, 0.29) is 77.1 Å². The van der Waals surface area contributed by atoms with Crippen LogP contribution in [0.2, 0.25) is 0 Å². The van der Waals surface area contributed by atoms with Gasteiger partial charge in [-0.05, 0) is 231 Å². The minimum atomic E-state index is -0.391. The van der Waals surface area contributed by atoms with E-state index in [0.29, 0.717) is 61.8 Å². The molecule has 14 heteroatoms. The van der Waals surface area contributed by atoms with Crippen molar-refractivity contribution < 1.29 is 9.85 Å². The van der Waals surface area contributed by atoms with Crippen molar-refractivity contribution >= 4 is 104 Å². The van der Waals surface area contributed by atoms with Gasteiger partial charge >= 0.3 is 11.4 Å². The Bertz CT molecular complexity index is 6080. The van der Waals surface area contributed by atoms with Crippen molar-refractivity contribution in [2.75, 3.05) is 0 Å². The van der Waals surface area contributed by atoms with Crippen LogP contribution >= 0.6 is 0 Å².